The summed E-state index contributed by atoms with van der Waals surface area (Å²) in [6.07, 6.45) is 6.33. The first-order valence-corrected chi connectivity index (χ1v) is 16.5. The number of ether oxygens (including phenoxy) is 1. The highest BCUT2D eigenvalue weighted by Crippen LogP contribution is 2.44. The Balaban J connectivity index is 1.12. The third-order valence-corrected chi connectivity index (χ3v) is 10.5. The van der Waals surface area contributed by atoms with E-state index in [1.807, 2.05) is 12.1 Å². The fraction of sp³-hybridized carbons (Fsp3) is 0.576. The number of likely N-dealkylation sites (N-methyl/N-ethyl adjacent to an activating group) is 1. The maximum Gasteiger partial charge on any atom is 0.251 e. The van der Waals surface area contributed by atoms with Crippen molar-refractivity contribution < 1.29 is 19.1 Å². The predicted molar refractivity (Wildman–Crippen MR) is 169 cm³/mol. The number of benzene rings is 1. The molecule has 3 unspecified atom stereocenters. The van der Waals surface area contributed by atoms with Gasteiger partial charge in [-0.25, -0.2) is 4.98 Å². The second-order valence-corrected chi connectivity index (χ2v) is 13.7. The minimum absolute atomic E-state index is 0.00706. The van der Waals surface area contributed by atoms with Gasteiger partial charge in [0, 0.05) is 55.1 Å². The van der Waals surface area contributed by atoms with Crippen LogP contribution in [-0.4, -0.2) is 103 Å². The van der Waals surface area contributed by atoms with E-state index in [1.165, 1.54) is 5.57 Å². The summed E-state index contributed by atoms with van der Waals surface area (Å²) in [6.45, 7) is 8.80. The lowest BCUT2D eigenvalue weighted by atomic mass is 9.76. The third kappa shape index (κ3) is 6.07. The van der Waals surface area contributed by atoms with Crippen LogP contribution in [0.25, 0.3) is 11.3 Å². The molecule has 4 aliphatic rings. The van der Waals surface area contributed by atoms with E-state index >= 15 is 0 Å². The molecule has 3 aliphatic heterocycles. The molecule has 1 amide bonds. The highest BCUT2D eigenvalue weighted by molar-refractivity contribution is 7.14. The summed E-state index contributed by atoms with van der Waals surface area (Å²) < 4.78 is 5.96. The Bertz CT molecular complexity index is 1370. The maximum absolute atomic E-state index is 14.0. The van der Waals surface area contributed by atoms with Crippen LogP contribution in [0.2, 0.25) is 0 Å². The van der Waals surface area contributed by atoms with Crippen molar-refractivity contribution in [2.45, 2.75) is 63.6 Å². The number of ketones is 2. The van der Waals surface area contributed by atoms with Crippen LogP contribution in [0.1, 0.15) is 56.3 Å². The molecule has 4 fully saturated rings. The smallest absolute Gasteiger partial charge is 0.251 e. The molecule has 0 spiro atoms. The van der Waals surface area contributed by atoms with Gasteiger partial charge in [-0.1, -0.05) is 43.0 Å². The molecule has 2 aromatic rings. The van der Waals surface area contributed by atoms with Gasteiger partial charge < -0.3 is 19.9 Å². The molecule has 1 aromatic carbocycles. The first-order chi connectivity index (χ1) is 20.7. The van der Waals surface area contributed by atoms with Crippen LogP contribution in [-0.2, 0) is 14.3 Å². The van der Waals surface area contributed by atoms with E-state index in [-0.39, 0.29) is 42.6 Å². The number of aromatic nitrogens is 1. The predicted octanol–water partition coefficient (Wildman–Crippen LogP) is 3.80. The highest BCUT2D eigenvalue weighted by Gasteiger charge is 2.58. The molecule has 0 radical (unpaired) electrons. The molecule has 4 heterocycles. The van der Waals surface area contributed by atoms with Crippen LogP contribution in [0, 0.1) is 5.92 Å². The van der Waals surface area contributed by atoms with Crippen molar-refractivity contribution in [3.05, 3.63) is 46.9 Å². The summed E-state index contributed by atoms with van der Waals surface area (Å²) in [5, 5.41) is 6.00. The second kappa shape index (κ2) is 12.6. The molecule has 9 nitrogen and oxygen atoms in total. The quantitative estimate of drug-likeness (QED) is 0.455. The summed E-state index contributed by atoms with van der Waals surface area (Å²) in [6, 6.07) is 7.03. The molecule has 43 heavy (non-hydrogen) atoms. The van der Waals surface area contributed by atoms with Crippen molar-refractivity contribution in [3.63, 3.8) is 0 Å². The van der Waals surface area contributed by atoms with E-state index in [0.29, 0.717) is 24.9 Å². The van der Waals surface area contributed by atoms with Gasteiger partial charge in [-0.05, 0) is 45.9 Å². The summed E-state index contributed by atoms with van der Waals surface area (Å²) in [5.74, 6) is -0.138. The van der Waals surface area contributed by atoms with Gasteiger partial charge in [-0.3, -0.25) is 19.3 Å². The number of amides is 1. The minimum atomic E-state index is -0.752. The SMILES string of the molecule is CC(C)=CC1CN(C2(C(=O)CNC(=O)c3ccc(-c4csc(N5CCN(C)CC5)n4)cc3)CCCCC2)C2C(=O)COC12. The number of nitrogens with zero attached hydrogens (tertiary/aromatic N) is 4. The lowest BCUT2D eigenvalue weighted by Gasteiger charge is -2.45. The average Bonchev–Trinajstić information content (AvgIpc) is 3.74. The van der Waals surface area contributed by atoms with Crippen LogP contribution in [0.3, 0.4) is 0 Å². The molecule has 1 aromatic heterocycles. The Morgan fingerprint density at radius 3 is 2.51 bits per heavy atom. The van der Waals surface area contributed by atoms with Crippen LogP contribution in [0.5, 0.6) is 0 Å². The maximum atomic E-state index is 14.0. The highest BCUT2D eigenvalue weighted by atomic mass is 32.1. The van der Waals surface area contributed by atoms with Crippen LogP contribution >= 0.6 is 11.3 Å². The van der Waals surface area contributed by atoms with Crippen LogP contribution in [0.4, 0.5) is 5.13 Å². The zero-order chi connectivity index (χ0) is 30.1. The Morgan fingerprint density at radius 2 is 1.81 bits per heavy atom. The molecule has 0 bridgehead atoms. The number of hydrogen-bond acceptors (Lipinski definition) is 9. The number of rotatable bonds is 8. The number of nitrogens with one attached hydrogen (secondary N) is 1. The Kier molecular flexibility index (Phi) is 8.82. The van der Waals surface area contributed by atoms with E-state index in [4.69, 9.17) is 9.72 Å². The topological polar surface area (TPSA) is 95.1 Å². The third-order valence-electron chi connectivity index (χ3n) is 9.64. The van der Waals surface area contributed by atoms with Crippen molar-refractivity contribution in [1.82, 2.24) is 20.1 Å². The Morgan fingerprint density at radius 1 is 1.09 bits per heavy atom. The summed E-state index contributed by atoms with van der Waals surface area (Å²) in [7, 11) is 2.14. The fourth-order valence-electron chi connectivity index (χ4n) is 7.33. The summed E-state index contributed by atoms with van der Waals surface area (Å²) in [4.78, 5) is 51.8. The van der Waals surface area contributed by atoms with Crippen molar-refractivity contribution in [3.8, 4) is 11.3 Å². The van der Waals surface area contributed by atoms with Gasteiger partial charge in [0.15, 0.2) is 16.7 Å². The first kappa shape index (κ1) is 30.1. The van der Waals surface area contributed by atoms with Gasteiger partial charge in [0.2, 0.25) is 0 Å². The molecule has 1 saturated carbocycles. The van der Waals surface area contributed by atoms with Gasteiger partial charge in [0.1, 0.15) is 6.61 Å². The van der Waals surface area contributed by atoms with Crippen molar-refractivity contribution in [2.75, 3.05) is 57.8 Å². The molecule has 6 rings (SSSR count). The number of allylic oxidation sites excluding steroid dienone is 1. The fourth-order valence-corrected chi connectivity index (χ4v) is 8.22. The van der Waals surface area contributed by atoms with Gasteiger partial charge in [-0.2, -0.15) is 0 Å². The number of Topliss-reactive ketones (excluding diaryl/α,β-unsaturated/α-hetero) is 2. The number of thiazole rings is 1. The van der Waals surface area contributed by atoms with Crippen molar-refractivity contribution in [2.24, 2.45) is 5.92 Å². The van der Waals surface area contributed by atoms with Gasteiger partial charge in [-0.15, -0.1) is 11.3 Å². The standard InChI is InChI=1S/C33H43N5O4S/c1-22(2)17-25-19-38(29-27(39)20-42-30(25)29)33(11-5-4-6-12-33)28(40)18-34-31(41)24-9-7-23(8-10-24)26-21-43-32(35-26)37-15-13-36(3)14-16-37/h7-10,17,21,25,29-30H,4-6,11-16,18-20H2,1-3H3,(H,34,41). The lowest BCUT2D eigenvalue weighted by molar-refractivity contribution is -0.136. The van der Waals surface area contributed by atoms with Crippen molar-refractivity contribution in [1.29, 1.82) is 0 Å². The number of fused-ring (bicyclic) bond motifs is 1. The van der Waals surface area contributed by atoms with Crippen LogP contribution in [0.15, 0.2) is 41.3 Å². The largest absolute Gasteiger partial charge is 0.368 e. The Labute approximate surface area is 258 Å². The van der Waals surface area contributed by atoms with E-state index in [9.17, 15) is 14.4 Å². The summed E-state index contributed by atoms with van der Waals surface area (Å²) in [5.41, 5.74) is 2.80. The molecule has 230 valence electrons. The van der Waals surface area contributed by atoms with E-state index in [0.717, 1.165) is 61.8 Å². The number of carbonyl (C=O) groups excluding carboxylic acids is 3. The Hall–Kier alpha value is -2.92. The molecule has 10 heteroatoms. The van der Waals surface area contributed by atoms with Crippen LogP contribution < -0.4 is 10.2 Å². The summed E-state index contributed by atoms with van der Waals surface area (Å²) >= 11 is 1.65. The number of piperazine rings is 1. The molecule has 3 atom stereocenters. The number of anilines is 1. The zero-order valence-electron chi connectivity index (χ0n) is 25.5. The number of carbonyl (C=O) groups is 3. The van der Waals surface area contributed by atoms with Gasteiger partial charge in [0.05, 0.1) is 29.9 Å². The molecular weight excluding hydrogens is 562 g/mol. The normalized spacial score (nSPS) is 25.9. The number of hydrogen-bond donors (Lipinski definition) is 1. The zero-order valence-corrected chi connectivity index (χ0v) is 26.3. The van der Waals surface area contributed by atoms with E-state index < -0.39 is 11.6 Å². The monoisotopic (exact) mass is 605 g/mol. The van der Waals surface area contributed by atoms with E-state index in [1.54, 1.807) is 23.5 Å². The lowest BCUT2D eigenvalue weighted by Crippen LogP contribution is -2.61. The first-order valence-electron chi connectivity index (χ1n) is 15.6. The molecule has 1 aliphatic carbocycles. The molecule has 1 N–H and O–H groups in total. The molecular formula is C33H43N5O4S. The molecule has 3 saturated heterocycles. The van der Waals surface area contributed by atoms with Gasteiger partial charge >= 0.3 is 0 Å². The van der Waals surface area contributed by atoms with E-state index in [2.05, 4.69) is 52.4 Å². The minimum Gasteiger partial charge on any atom is -0.368 e. The average molecular weight is 606 g/mol. The number of likely N-dealkylation sites (tertiary alicyclic amines) is 1. The van der Waals surface area contributed by atoms with Gasteiger partial charge in [0.25, 0.3) is 5.91 Å². The second-order valence-electron chi connectivity index (χ2n) is 12.8. The van der Waals surface area contributed by atoms with Crippen molar-refractivity contribution >= 4 is 33.9 Å².